The lowest BCUT2D eigenvalue weighted by Crippen LogP contribution is -2.27. The summed E-state index contributed by atoms with van der Waals surface area (Å²) in [5.74, 6) is -0.811. The molecule has 160 valence electrons. The van der Waals surface area contributed by atoms with Crippen LogP contribution in [-0.2, 0) is 19.6 Å². The smallest absolute Gasteiger partial charge is 0.342 e. The monoisotopic (exact) mass is 432 g/mol. The van der Waals surface area contributed by atoms with Crippen molar-refractivity contribution in [3.8, 4) is 5.75 Å². The fraction of sp³-hybridized carbons (Fsp3) is 0.333. The van der Waals surface area contributed by atoms with Crippen LogP contribution in [0.15, 0.2) is 53.4 Å². The number of rotatable bonds is 8. The van der Waals surface area contributed by atoms with Gasteiger partial charge in [0.2, 0.25) is 10.0 Å². The van der Waals surface area contributed by atoms with Crippen LogP contribution in [0.25, 0.3) is 0 Å². The van der Waals surface area contributed by atoms with Crippen molar-refractivity contribution in [3.05, 3.63) is 54.1 Å². The van der Waals surface area contributed by atoms with Crippen LogP contribution in [0.3, 0.4) is 0 Å². The molecule has 0 aromatic heterocycles. The number of hydrogen-bond acceptors (Lipinski definition) is 6. The average Bonchev–Trinajstić information content (AvgIpc) is 3.29. The SMILES string of the molecule is CCOc1ccccc1C(=O)OCC(=O)Nc1ccc(S(=O)(=O)N2CCCC2)cc1. The van der Waals surface area contributed by atoms with E-state index >= 15 is 0 Å². The first-order valence-corrected chi connectivity index (χ1v) is 11.1. The van der Waals surface area contributed by atoms with Crippen LogP contribution in [0.1, 0.15) is 30.1 Å². The lowest BCUT2D eigenvalue weighted by atomic mass is 10.2. The lowest BCUT2D eigenvalue weighted by molar-refractivity contribution is -0.119. The van der Waals surface area contributed by atoms with Gasteiger partial charge < -0.3 is 14.8 Å². The minimum Gasteiger partial charge on any atom is -0.493 e. The van der Waals surface area contributed by atoms with Crippen LogP contribution >= 0.6 is 0 Å². The Morgan fingerprint density at radius 3 is 2.37 bits per heavy atom. The van der Waals surface area contributed by atoms with Gasteiger partial charge in [-0.1, -0.05) is 12.1 Å². The summed E-state index contributed by atoms with van der Waals surface area (Å²) in [6.45, 7) is 2.77. The number of amides is 1. The Morgan fingerprint density at radius 2 is 1.70 bits per heavy atom. The maximum absolute atomic E-state index is 12.5. The minimum atomic E-state index is -3.51. The summed E-state index contributed by atoms with van der Waals surface area (Å²) in [6.07, 6.45) is 1.72. The second-order valence-electron chi connectivity index (χ2n) is 6.69. The van der Waals surface area contributed by atoms with E-state index in [0.29, 0.717) is 31.1 Å². The predicted molar refractivity (Wildman–Crippen MR) is 111 cm³/mol. The molecule has 30 heavy (non-hydrogen) atoms. The van der Waals surface area contributed by atoms with Crippen LogP contribution in [0.5, 0.6) is 5.75 Å². The summed E-state index contributed by atoms with van der Waals surface area (Å²) >= 11 is 0. The Labute approximate surface area is 175 Å². The number of benzene rings is 2. The van der Waals surface area contributed by atoms with E-state index in [-0.39, 0.29) is 10.5 Å². The first kappa shape index (κ1) is 21.8. The van der Waals surface area contributed by atoms with E-state index in [2.05, 4.69) is 5.32 Å². The number of nitrogens with one attached hydrogen (secondary N) is 1. The van der Waals surface area contributed by atoms with Gasteiger partial charge in [0.05, 0.1) is 11.5 Å². The highest BCUT2D eigenvalue weighted by atomic mass is 32.2. The van der Waals surface area contributed by atoms with Gasteiger partial charge in [-0.15, -0.1) is 0 Å². The molecule has 0 spiro atoms. The number of sulfonamides is 1. The third-order valence-electron chi connectivity index (χ3n) is 4.58. The molecule has 2 aromatic carbocycles. The quantitative estimate of drug-likeness (QED) is 0.644. The van der Waals surface area contributed by atoms with Gasteiger partial charge in [-0.05, 0) is 56.2 Å². The van der Waals surface area contributed by atoms with Gasteiger partial charge in [0.1, 0.15) is 11.3 Å². The van der Waals surface area contributed by atoms with Crippen molar-refractivity contribution in [1.29, 1.82) is 0 Å². The Morgan fingerprint density at radius 1 is 1.03 bits per heavy atom. The van der Waals surface area contributed by atoms with Crippen molar-refractivity contribution >= 4 is 27.6 Å². The molecule has 3 rings (SSSR count). The van der Waals surface area contributed by atoms with Gasteiger partial charge in [0, 0.05) is 18.8 Å². The zero-order valence-corrected chi connectivity index (χ0v) is 17.5. The Balaban J connectivity index is 1.56. The fourth-order valence-corrected chi connectivity index (χ4v) is 4.63. The molecule has 1 fully saturated rings. The summed E-state index contributed by atoms with van der Waals surface area (Å²) in [6, 6.07) is 12.5. The molecule has 0 radical (unpaired) electrons. The number of ether oxygens (including phenoxy) is 2. The number of nitrogens with zero attached hydrogens (tertiary/aromatic N) is 1. The average molecular weight is 432 g/mol. The molecule has 1 N–H and O–H groups in total. The molecule has 1 aliphatic heterocycles. The number of anilines is 1. The topological polar surface area (TPSA) is 102 Å². The Bertz CT molecular complexity index is 998. The highest BCUT2D eigenvalue weighted by molar-refractivity contribution is 7.89. The summed E-state index contributed by atoms with van der Waals surface area (Å²) in [4.78, 5) is 24.5. The van der Waals surface area contributed by atoms with E-state index in [1.807, 2.05) is 0 Å². The number of carbonyl (C=O) groups is 2. The second kappa shape index (κ2) is 9.73. The van der Waals surface area contributed by atoms with Crippen molar-refractivity contribution in [2.24, 2.45) is 0 Å². The summed E-state index contributed by atoms with van der Waals surface area (Å²) in [5, 5.41) is 2.58. The third-order valence-corrected chi connectivity index (χ3v) is 6.49. The second-order valence-corrected chi connectivity index (χ2v) is 8.63. The first-order chi connectivity index (χ1) is 14.4. The molecule has 0 bridgehead atoms. The van der Waals surface area contributed by atoms with Crippen LogP contribution in [0.4, 0.5) is 5.69 Å². The van der Waals surface area contributed by atoms with Gasteiger partial charge in [-0.3, -0.25) is 4.79 Å². The Kier molecular flexibility index (Phi) is 7.07. The van der Waals surface area contributed by atoms with Crippen LogP contribution in [0.2, 0.25) is 0 Å². The molecule has 0 atom stereocenters. The minimum absolute atomic E-state index is 0.182. The molecule has 0 unspecified atom stereocenters. The molecule has 1 amide bonds. The first-order valence-electron chi connectivity index (χ1n) is 9.71. The molecule has 1 heterocycles. The van der Waals surface area contributed by atoms with E-state index in [0.717, 1.165) is 12.8 Å². The maximum Gasteiger partial charge on any atom is 0.342 e. The summed E-state index contributed by atoms with van der Waals surface area (Å²) < 4.78 is 37.0. The van der Waals surface area contributed by atoms with Crippen molar-refractivity contribution in [1.82, 2.24) is 4.31 Å². The Hall–Kier alpha value is -2.91. The van der Waals surface area contributed by atoms with E-state index in [1.165, 1.54) is 28.6 Å². The number of carbonyl (C=O) groups excluding carboxylic acids is 2. The molecule has 0 aliphatic carbocycles. The lowest BCUT2D eigenvalue weighted by Gasteiger charge is -2.15. The van der Waals surface area contributed by atoms with Crippen molar-refractivity contribution in [2.45, 2.75) is 24.7 Å². The molecule has 1 aliphatic rings. The van der Waals surface area contributed by atoms with E-state index in [9.17, 15) is 18.0 Å². The van der Waals surface area contributed by atoms with Gasteiger partial charge in [0.25, 0.3) is 5.91 Å². The zero-order chi connectivity index (χ0) is 21.6. The van der Waals surface area contributed by atoms with Crippen LogP contribution < -0.4 is 10.1 Å². The molecule has 0 saturated carbocycles. The largest absolute Gasteiger partial charge is 0.493 e. The zero-order valence-electron chi connectivity index (χ0n) is 16.7. The third kappa shape index (κ3) is 5.17. The van der Waals surface area contributed by atoms with E-state index in [4.69, 9.17) is 9.47 Å². The molecule has 9 heteroatoms. The van der Waals surface area contributed by atoms with Crippen LogP contribution in [0, 0.1) is 0 Å². The van der Waals surface area contributed by atoms with Crippen LogP contribution in [-0.4, -0.2) is 50.9 Å². The predicted octanol–water partition coefficient (Wildman–Crippen LogP) is 2.67. The summed E-state index contributed by atoms with van der Waals surface area (Å²) in [5.41, 5.74) is 0.648. The van der Waals surface area contributed by atoms with Crippen molar-refractivity contribution in [3.63, 3.8) is 0 Å². The molecular weight excluding hydrogens is 408 g/mol. The molecule has 2 aromatic rings. The highest BCUT2D eigenvalue weighted by Gasteiger charge is 2.27. The number of para-hydroxylation sites is 1. The molecule has 1 saturated heterocycles. The number of esters is 1. The fourth-order valence-electron chi connectivity index (χ4n) is 3.11. The van der Waals surface area contributed by atoms with Gasteiger partial charge in [-0.25, -0.2) is 13.2 Å². The van der Waals surface area contributed by atoms with E-state index < -0.39 is 28.5 Å². The highest BCUT2D eigenvalue weighted by Crippen LogP contribution is 2.22. The van der Waals surface area contributed by atoms with Gasteiger partial charge in [0.15, 0.2) is 6.61 Å². The normalized spacial score (nSPS) is 14.3. The van der Waals surface area contributed by atoms with Crippen molar-refractivity contribution < 1.29 is 27.5 Å². The van der Waals surface area contributed by atoms with Gasteiger partial charge in [-0.2, -0.15) is 4.31 Å². The summed E-state index contributed by atoms with van der Waals surface area (Å²) in [7, 11) is -3.51. The molecular formula is C21H24N2O6S. The number of hydrogen-bond donors (Lipinski definition) is 1. The standard InChI is InChI=1S/C21H24N2O6S/c1-2-28-19-8-4-3-7-18(19)21(25)29-15-20(24)22-16-9-11-17(12-10-16)30(26,27)23-13-5-6-14-23/h3-4,7-12H,2,5-6,13-15H2,1H3,(H,22,24). The van der Waals surface area contributed by atoms with Gasteiger partial charge >= 0.3 is 5.97 Å². The van der Waals surface area contributed by atoms with E-state index in [1.54, 1.807) is 31.2 Å². The maximum atomic E-state index is 12.5. The van der Waals surface area contributed by atoms with Crippen molar-refractivity contribution in [2.75, 3.05) is 31.6 Å². The molecule has 8 nitrogen and oxygen atoms in total.